The summed E-state index contributed by atoms with van der Waals surface area (Å²) >= 11 is 0. The topological polar surface area (TPSA) is 117 Å². The molecule has 1 heterocycles. The van der Waals surface area contributed by atoms with Crippen LogP contribution in [0.15, 0.2) is 18.2 Å². The zero-order chi connectivity index (χ0) is 21.1. The number of fused-ring (bicyclic) bond motifs is 1. The second-order valence-electron chi connectivity index (χ2n) is 6.87. The molecule has 1 N–H and O–H groups in total. The Hall–Kier alpha value is -1.45. The number of nitrogens with one attached hydrogen (secondary N) is 1. The summed E-state index contributed by atoms with van der Waals surface area (Å²) in [7, 11) is -3.68. The Labute approximate surface area is 167 Å². The van der Waals surface area contributed by atoms with Crippen LogP contribution in [-0.4, -0.2) is 40.7 Å². The van der Waals surface area contributed by atoms with E-state index in [4.69, 9.17) is 13.8 Å². The van der Waals surface area contributed by atoms with E-state index in [9.17, 15) is 18.7 Å². The molecule has 0 saturated carbocycles. The fourth-order valence-corrected chi connectivity index (χ4v) is 6.71. The van der Waals surface area contributed by atoms with Gasteiger partial charge in [-0.15, -0.1) is 4.08 Å². The van der Waals surface area contributed by atoms with Crippen LogP contribution < -0.4 is 15.2 Å². The number of hydrogen-bond donors (Lipinski definition) is 1. The van der Waals surface area contributed by atoms with Gasteiger partial charge in [0.2, 0.25) is 0 Å². The van der Waals surface area contributed by atoms with E-state index in [1.165, 1.54) is 14.2 Å². The van der Waals surface area contributed by atoms with Gasteiger partial charge < -0.3 is 20.0 Å². The minimum Gasteiger partial charge on any atom is -0.530 e. The third kappa shape index (κ3) is 4.75. The Morgan fingerprint density at radius 3 is 2.61 bits per heavy atom. The van der Waals surface area contributed by atoms with Crippen molar-refractivity contribution in [3.05, 3.63) is 29.3 Å². The zero-order valence-electron chi connectivity index (χ0n) is 16.6. The minimum absolute atomic E-state index is 0.0954. The summed E-state index contributed by atoms with van der Waals surface area (Å²) < 4.78 is 43.3. The molecule has 1 amide bonds. The molecule has 1 aromatic rings. The summed E-state index contributed by atoms with van der Waals surface area (Å²) in [5.74, 6) is 0.459. The average molecular weight is 433 g/mol. The van der Waals surface area contributed by atoms with Crippen LogP contribution in [0.4, 0.5) is 4.79 Å². The number of rotatable bonds is 9. The summed E-state index contributed by atoms with van der Waals surface area (Å²) in [6, 6.07) is 5.22. The van der Waals surface area contributed by atoms with E-state index in [1.807, 2.05) is 19.9 Å². The highest BCUT2D eigenvalue weighted by Crippen LogP contribution is 2.53. The molecule has 11 heteroatoms. The maximum atomic E-state index is 13.4. The molecule has 0 bridgehead atoms. The van der Waals surface area contributed by atoms with Gasteiger partial charge in [0.25, 0.3) is 0 Å². The van der Waals surface area contributed by atoms with Gasteiger partial charge in [-0.1, -0.05) is 25.1 Å². The first kappa shape index (κ1) is 22.8. The summed E-state index contributed by atoms with van der Waals surface area (Å²) in [6.45, 7) is 5.70. The summed E-state index contributed by atoms with van der Waals surface area (Å²) in [5.41, 5.74) is 0.752. The largest absolute Gasteiger partial charge is 0.530 e. The maximum absolute atomic E-state index is 13.4. The molecule has 0 aromatic heterocycles. The van der Waals surface area contributed by atoms with E-state index in [-0.39, 0.29) is 6.54 Å². The van der Waals surface area contributed by atoms with Crippen LogP contribution in [0.2, 0.25) is 0 Å². The molecule has 1 aliphatic rings. The molecular formula is C17H26N2O7PS-. The first-order chi connectivity index (χ1) is 13.1. The Kier molecular flexibility index (Phi) is 7.27. The maximum Gasteiger partial charge on any atom is 0.419 e. The van der Waals surface area contributed by atoms with Crippen molar-refractivity contribution in [3.8, 4) is 5.75 Å². The molecule has 1 aromatic carbocycles. The van der Waals surface area contributed by atoms with Crippen molar-refractivity contribution in [3.63, 3.8) is 0 Å². The number of ether oxygens (including phenoxy) is 1. The van der Waals surface area contributed by atoms with Crippen LogP contribution in [0.5, 0.6) is 5.75 Å². The standard InChI is InChI=1S/C17H27N2O7PS/c1-6-10-19(27(22,24-4)25-5)28(23)15(18-16(20)21)13-9-7-8-12-11-17(2,3)26-14(12)13/h7-9,15,18H,6,10-11H2,1-5H3,(H,20,21)/p-1. The van der Waals surface area contributed by atoms with Crippen molar-refractivity contribution in [2.45, 2.75) is 44.6 Å². The molecule has 0 fully saturated rings. The second kappa shape index (κ2) is 8.92. The van der Waals surface area contributed by atoms with Crippen molar-refractivity contribution < 1.29 is 32.5 Å². The number of para-hydroxylation sites is 1. The number of benzene rings is 1. The van der Waals surface area contributed by atoms with Crippen molar-refractivity contribution in [2.75, 3.05) is 20.8 Å². The van der Waals surface area contributed by atoms with E-state index >= 15 is 0 Å². The molecule has 28 heavy (non-hydrogen) atoms. The first-order valence-electron chi connectivity index (χ1n) is 8.77. The molecule has 0 aliphatic carbocycles. The molecular weight excluding hydrogens is 407 g/mol. The smallest absolute Gasteiger partial charge is 0.419 e. The fraction of sp³-hybridized carbons (Fsp3) is 0.588. The van der Waals surface area contributed by atoms with Crippen LogP contribution in [0.1, 0.15) is 43.7 Å². The fourth-order valence-electron chi connectivity index (χ4n) is 3.07. The lowest BCUT2D eigenvalue weighted by atomic mass is 10.0. The third-order valence-electron chi connectivity index (χ3n) is 4.21. The monoisotopic (exact) mass is 433 g/mol. The summed E-state index contributed by atoms with van der Waals surface area (Å²) in [6.07, 6.45) is -0.514. The van der Waals surface area contributed by atoms with Gasteiger partial charge in [-0.25, -0.2) is 8.77 Å². The molecule has 0 spiro atoms. The highest BCUT2D eigenvalue weighted by Gasteiger charge is 2.41. The summed E-state index contributed by atoms with van der Waals surface area (Å²) in [5, 5.41) is 12.2. The van der Waals surface area contributed by atoms with Crippen LogP contribution in [0.3, 0.4) is 0 Å². The van der Waals surface area contributed by atoms with Gasteiger partial charge in [0.15, 0.2) is 0 Å². The van der Waals surface area contributed by atoms with Crippen molar-refractivity contribution >= 4 is 24.8 Å². The van der Waals surface area contributed by atoms with E-state index in [1.54, 1.807) is 19.1 Å². The van der Waals surface area contributed by atoms with Crippen molar-refractivity contribution in [2.24, 2.45) is 0 Å². The highest BCUT2D eigenvalue weighted by molar-refractivity contribution is 7.88. The zero-order valence-corrected chi connectivity index (χ0v) is 18.3. The predicted molar refractivity (Wildman–Crippen MR) is 103 cm³/mol. The van der Waals surface area contributed by atoms with Gasteiger partial charge >= 0.3 is 7.75 Å². The lowest BCUT2D eigenvalue weighted by Gasteiger charge is -2.31. The first-order valence-corrected chi connectivity index (χ1v) is 11.4. The Balaban J connectivity index is 2.53. The lowest BCUT2D eigenvalue weighted by Crippen LogP contribution is -2.44. The van der Waals surface area contributed by atoms with Crippen LogP contribution in [0, 0.1) is 0 Å². The van der Waals surface area contributed by atoms with Gasteiger partial charge in [0, 0.05) is 32.7 Å². The molecule has 2 unspecified atom stereocenters. The third-order valence-corrected chi connectivity index (χ3v) is 8.34. The van der Waals surface area contributed by atoms with Gasteiger partial charge in [0.1, 0.15) is 33.8 Å². The van der Waals surface area contributed by atoms with Crippen molar-refractivity contribution in [1.82, 2.24) is 9.39 Å². The number of hydrogen-bond acceptors (Lipinski definition) is 7. The van der Waals surface area contributed by atoms with Gasteiger partial charge in [-0.2, -0.15) is 0 Å². The molecule has 2 atom stereocenters. The van der Waals surface area contributed by atoms with Gasteiger partial charge in [0.05, 0.1) is 0 Å². The van der Waals surface area contributed by atoms with Gasteiger partial charge in [-0.3, -0.25) is 9.05 Å². The molecule has 0 radical (unpaired) electrons. The Morgan fingerprint density at radius 1 is 1.43 bits per heavy atom. The lowest BCUT2D eigenvalue weighted by molar-refractivity contribution is -0.251. The van der Waals surface area contributed by atoms with E-state index < -0.39 is 35.8 Å². The molecule has 158 valence electrons. The number of nitrogens with zero attached hydrogens (tertiary/aromatic N) is 1. The molecule has 9 nitrogen and oxygen atoms in total. The summed E-state index contributed by atoms with van der Waals surface area (Å²) in [4.78, 5) is 11.3. The average Bonchev–Trinajstić information content (AvgIpc) is 2.96. The van der Waals surface area contributed by atoms with Crippen LogP contribution in [0.25, 0.3) is 0 Å². The number of carbonyl (C=O) groups excluding carboxylic acids is 1. The minimum atomic E-state index is -3.89. The van der Waals surface area contributed by atoms with Crippen LogP contribution >= 0.6 is 7.75 Å². The second-order valence-corrected chi connectivity index (χ2v) is 10.8. The number of carbonyl (C=O) groups is 1. The number of carboxylic acid groups (broad SMARTS) is 1. The van der Waals surface area contributed by atoms with E-state index in [2.05, 4.69) is 5.32 Å². The predicted octanol–water partition coefficient (Wildman–Crippen LogP) is 2.11. The van der Waals surface area contributed by atoms with Gasteiger partial charge in [-0.05, 0) is 25.8 Å². The highest BCUT2D eigenvalue weighted by atomic mass is 32.2. The van der Waals surface area contributed by atoms with Crippen molar-refractivity contribution in [1.29, 1.82) is 0 Å². The normalized spacial score (nSPS) is 17.6. The van der Waals surface area contributed by atoms with Crippen LogP contribution in [-0.2, 0) is 31.0 Å². The Bertz CT molecular complexity index is 794. The van der Waals surface area contributed by atoms with E-state index in [0.717, 1.165) is 9.64 Å². The molecule has 0 saturated heterocycles. The SMILES string of the molecule is CCCN(S(=O)C(NC(=O)[O-])c1cccc2c1OC(C)(C)C2)P(=O)(OC)OC. The number of amides is 1. The Morgan fingerprint density at radius 2 is 2.07 bits per heavy atom. The molecule has 1 aliphatic heterocycles. The molecule has 2 rings (SSSR count). The quantitative estimate of drug-likeness (QED) is 0.593. The van der Waals surface area contributed by atoms with E-state index in [0.29, 0.717) is 24.2 Å².